The zero-order valence-electron chi connectivity index (χ0n) is 11.2. The maximum atomic E-state index is 6.15. The van der Waals surface area contributed by atoms with Crippen LogP contribution in [0.25, 0.3) is 0 Å². The van der Waals surface area contributed by atoms with Crippen molar-refractivity contribution >= 4 is 33.2 Å². The van der Waals surface area contributed by atoms with E-state index in [1.807, 2.05) is 36.4 Å². The summed E-state index contributed by atoms with van der Waals surface area (Å²) >= 11 is 9.58. The molecule has 2 aromatic carbocycles. The van der Waals surface area contributed by atoms with Crippen molar-refractivity contribution in [3.05, 3.63) is 51.5 Å². The molecule has 2 aromatic rings. The van der Waals surface area contributed by atoms with Gasteiger partial charge in [-0.05, 0) is 35.9 Å². The van der Waals surface area contributed by atoms with E-state index in [-0.39, 0.29) is 0 Å². The highest BCUT2D eigenvalue weighted by Crippen LogP contribution is 2.27. The van der Waals surface area contributed by atoms with E-state index in [2.05, 4.69) is 21.2 Å². The predicted octanol–water partition coefficient (Wildman–Crippen LogP) is 4.73. The van der Waals surface area contributed by atoms with E-state index < -0.39 is 0 Å². The van der Waals surface area contributed by atoms with Crippen molar-refractivity contribution in [1.29, 1.82) is 0 Å². The van der Waals surface area contributed by atoms with E-state index >= 15 is 0 Å². The molecule has 0 aliphatic rings. The normalized spacial score (nSPS) is 10.2. The number of ether oxygens (including phenoxy) is 2. The van der Waals surface area contributed by atoms with Crippen LogP contribution in [0.15, 0.2) is 40.9 Å². The fourth-order valence-electron chi connectivity index (χ4n) is 1.80. The van der Waals surface area contributed by atoms with Gasteiger partial charge in [0.15, 0.2) is 0 Å². The van der Waals surface area contributed by atoms with Crippen LogP contribution in [0, 0.1) is 0 Å². The van der Waals surface area contributed by atoms with Gasteiger partial charge < -0.3 is 14.8 Å². The summed E-state index contributed by atoms with van der Waals surface area (Å²) in [6.45, 7) is 0.629. The van der Waals surface area contributed by atoms with Crippen LogP contribution in [-0.4, -0.2) is 14.2 Å². The highest BCUT2D eigenvalue weighted by atomic mass is 79.9. The summed E-state index contributed by atoms with van der Waals surface area (Å²) in [6.07, 6.45) is 0. The van der Waals surface area contributed by atoms with Gasteiger partial charge in [0.05, 0.1) is 24.9 Å². The Morgan fingerprint density at radius 2 is 1.70 bits per heavy atom. The third kappa shape index (κ3) is 3.81. The van der Waals surface area contributed by atoms with Gasteiger partial charge in [-0.1, -0.05) is 27.5 Å². The summed E-state index contributed by atoms with van der Waals surface area (Å²) in [5.41, 5.74) is 1.93. The SMILES string of the molecule is COc1cc(CNc2cc(Br)ccc2Cl)cc(OC)c1. The average Bonchev–Trinajstić information content (AvgIpc) is 2.47. The Labute approximate surface area is 132 Å². The first-order valence-corrected chi connectivity index (χ1v) is 7.20. The molecule has 1 N–H and O–H groups in total. The molecule has 0 atom stereocenters. The minimum atomic E-state index is 0.629. The van der Waals surface area contributed by atoms with Gasteiger partial charge in [0.2, 0.25) is 0 Å². The second-order valence-corrected chi connectivity index (χ2v) is 5.52. The molecular formula is C15H15BrClNO2. The van der Waals surface area contributed by atoms with Crippen LogP contribution < -0.4 is 14.8 Å². The largest absolute Gasteiger partial charge is 0.497 e. The lowest BCUT2D eigenvalue weighted by Gasteiger charge is -2.11. The summed E-state index contributed by atoms with van der Waals surface area (Å²) in [5, 5.41) is 3.98. The minimum absolute atomic E-state index is 0.629. The van der Waals surface area contributed by atoms with Gasteiger partial charge in [0.25, 0.3) is 0 Å². The van der Waals surface area contributed by atoms with Gasteiger partial charge >= 0.3 is 0 Å². The second kappa shape index (κ2) is 6.86. The smallest absolute Gasteiger partial charge is 0.122 e. The Kier molecular flexibility index (Phi) is 5.15. The Morgan fingerprint density at radius 1 is 1.05 bits per heavy atom. The van der Waals surface area contributed by atoms with Crippen LogP contribution in [0.4, 0.5) is 5.69 Å². The maximum Gasteiger partial charge on any atom is 0.122 e. The molecule has 0 amide bonds. The van der Waals surface area contributed by atoms with Crippen LogP contribution in [0.3, 0.4) is 0 Å². The van der Waals surface area contributed by atoms with Crippen molar-refractivity contribution in [2.45, 2.75) is 6.54 Å². The topological polar surface area (TPSA) is 30.5 Å². The van der Waals surface area contributed by atoms with Crippen LogP contribution >= 0.6 is 27.5 Å². The molecule has 106 valence electrons. The molecule has 0 heterocycles. The van der Waals surface area contributed by atoms with Crippen LogP contribution in [0.5, 0.6) is 11.5 Å². The predicted molar refractivity (Wildman–Crippen MR) is 86.0 cm³/mol. The molecule has 0 aromatic heterocycles. The third-order valence-corrected chi connectivity index (χ3v) is 3.65. The molecule has 0 unspecified atom stereocenters. The third-order valence-electron chi connectivity index (χ3n) is 2.82. The molecule has 0 aliphatic heterocycles. The van der Waals surface area contributed by atoms with Crippen molar-refractivity contribution in [2.75, 3.05) is 19.5 Å². The van der Waals surface area contributed by atoms with E-state index in [0.29, 0.717) is 11.6 Å². The maximum absolute atomic E-state index is 6.15. The van der Waals surface area contributed by atoms with Crippen LogP contribution in [0.2, 0.25) is 5.02 Å². The number of nitrogens with one attached hydrogen (secondary N) is 1. The van der Waals surface area contributed by atoms with E-state index in [1.165, 1.54) is 0 Å². The molecule has 0 aliphatic carbocycles. The van der Waals surface area contributed by atoms with Crippen molar-refractivity contribution in [1.82, 2.24) is 0 Å². The van der Waals surface area contributed by atoms with Gasteiger partial charge in [-0.3, -0.25) is 0 Å². The quantitative estimate of drug-likeness (QED) is 0.840. The van der Waals surface area contributed by atoms with Crippen molar-refractivity contribution in [3.8, 4) is 11.5 Å². The standard InChI is InChI=1S/C15H15BrClNO2/c1-19-12-5-10(6-13(8-12)20-2)9-18-15-7-11(16)3-4-14(15)17/h3-8,18H,9H2,1-2H3. The summed E-state index contributed by atoms with van der Waals surface area (Å²) in [7, 11) is 3.27. The van der Waals surface area contributed by atoms with Crippen LogP contribution in [0.1, 0.15) is 5.56 Å². The summed E-state index contributed by atoms with van der Waals surface area (Å²) in [5.74, 6) is 1.53. The van der Waals surface area contributed by atoms with Crippen molar-refractivity contribution < 1.29 is 9.47 Å². The molecule has 5 heteroatoms. The molecule has 0 spiro atoms. The number of anilines is 1. The zero-order chi connectivity index (χ0) is 14.5. The lowest BCUT2D eigenvalue weighted by Crippen LogP contribution is -2.01. The molecule has 0 saturated heterocycles. The first kappa shape index (κ1) is 15.0. The van der Waals surface area contributed by atoms with Gasteiger partial charge in [-0.15, -0.1) is 0 Å². The Balaban J connectivity index is 2.16. The van der Waals surface area contributed by atoms with Gasteiger partial charge in [0, 0.05) is 17.1 Å². The Bertz CT molecular complexity index is 582. The highest BCUT2D eigenvalue weighted by molar-refractivity contribution is 9.10. The van der Waals surface area contributed by atoms with Gasteiger partial charge in [-0.25, -0.2) is 0 Å². The van der Waals surface area contributed by atoms with Gasteiger partial charge in [-0.2, -0.15) is 0 Å². The van der Waals surface area contributed by atoms with E-state index in [4.69, 9.17) is 21.1 Å². The van der Waals surface area contributed by atoms with Gasteiger partial charge in [0.1, 0.15) is 11.5 Å². The molecule has 0 bridgehead atoms. The molecule has 0 fully saturated rings. The molecule has 0 saturated carbocycles. The van der Waals surface area contributed by atoms with Crippen molar-refractivity contribution in [2.24, 2.45) is 0 Å². The van der Waals surface area contributed by atoms with Crippen molar-refractivity contribution in [3.63, 3.8) is 0 Å². The average molecular weight is 357 g/mol. The number of halogens is 2. The highest BCUT2D eigenvalue weighted by Gasteiger charge is 2.04. The minimum Gasteiger partial charge on any atom is -0.497 e. The second-order valence-electron chi connectivity index (χ2n) is 4.20. The molecule has 3 nitrogen and oxygen atoms in total. The summed E-state index contributed by atoms with van der Waals surface area (Å²) in [6, 6.07) is 11.5. The Morgan fingerprint density at radius 3 is 2.30 bits per heavy atom. The fraction of sp³-hybridized carbons (Fsp3) is 0.200. The number of benzene rings is 2. The summed E-state index contributed by atoms with van der Waals surface area (Å²) < 4.78 is 11.5. The molecule has 20 heavy (non-hydrogen) atoms. The molecule has 2 rings (SSSR count). The first-order valence-electron chi connectivity index (χ1n) is 6.03. The number of rotatable bonds is 5. The van der Waals surface area contributed by atoms with E-state index in [9.17, 15) is 0 Å². The van der Waals surface area contributed by atoms with E-state index in [1.54, 1.807) is 14.2 Å². The summed E-state index contributed by atoms with van der Waals surface area (Å²) in [4.78, 5) is 0. The zero-order valence-corrected chi connectivity index (χ0v) is 13.6. The van der Waals surface area contributed by atoms with Crippen LogP contribution in [-0.2, 0) is 6.54 Å². The fourth-order valence-corrected chi connectivity index (χ4v) is 2.34. The first-order chi connectivity index (χ1) is 9.62. The number of hydrogen-bond acceptors (Lipinski definition) is 3. The Hall–Kier alpha value is -1.39. The number of methoxy groups -OCH3 is 2. The molecule has 0 radical (unpaired) electrons. The lowest BCUT2D eigenvalue weighted by atomic mass is 10.2. The number of hydrogen-bond donors (Lipinski definition) is 1. The monoisotopic (exact) mass is 355 g/mol. The van der Waals surface area contributed by atoms with E-state index in [0.717, 1.165) is 27.2 Å². The lowest BCUT2D eigenvalue weighted by molar-refractivity contribution is 0.393. The molecular weight excluding hydrogens is 342 g/mol.